The van der Waals surface area contributed by atoms with Gasteiger partial charge in [0, 0.05) is 19.3 Å². The Hall–Kier alpha value is -1.68. The SMILES string of the molecule is CC(=O)CCCS(=O)(=O)NC(=O)CCCCCCCCCCCCCCC/C(=N/N)NN. The third-order valence-electron chi connectivity index (χ3n) is 5.35. The number of sulfonamides is 1. The first-order valence-electron chi connectivity index (χ1n) is 12.1. The third-order valence-corrected chi connectivity index (χ3v) is 6.72. The molecule has 0 atom stereocenters. The van der Waals surface area contributed by atoms with Crippen LogP contribution in [0.2, 0.25) is 0 Å². The molecule has 9 nitrogen and oxygen atoms in total. The number of ketones is 1. The Kier molecular flexibility index (Phi) is 18.9. The number of carbonyl (C=O) groups is 2. The third kappa shape index (κ3) is 20.2. The maximum atomic E-state index is 11.8. The Balaban J connectivity index is 3.43. The van der Waals surface area contributed by atoms with Crippen molar-refractivity contribution < 1.29 is 18.0 Å². The van der Waals surface area contributed by atoms with Crippen LogP contribution in [0.15, 0.2) is 5.10 Å². The second kappa shape index (κ2) is 20.0. The molecule has 0 spiro atoms. The molecule has 1 amide bonds. The van der Waals surface area contributed by atoms with Crippen LogP contribution in [0.5, 0.6) is 0 Å². The number of rotatable bonds is 21. The number of hydrazine groups is 1. The van der Waals surface area contributed by atoms with E-state index < -0.39 is 15.9 Å². The molecule has 0 saturated carbocycles. The molecule has 0 aromatic carbocycles. The van der Waals surface area contributed by atoms with Crippen molar-refractivity contribution in [2.45, 2.75) is 116 Å². The number of nitrogens with zero attached hydrogens (tertiary/aromatic N) is 1. The zero-order valence-electron chi connectivity index (χ0n) is 19.9. The number of nitrogens with one attached hydrogen (secondary N) is 2. The average Bonchev–Trinajstić information content (AvgIpc) is 2.72. The van der Waals surface area contributed by atoms with Gasteiger partial charge in [-0.25, -0.2) is 14.3 Å². The minimum Gasteiger partial charge on any atom is -0.322 e. The van der Waals surface area contributed by atoms with Crippen molar-refractivity contribution in [3.05, 3.63) is 0 Å². The number of nitrogens with two attached hydrogens (primary N) is 2. The number of Topliss-reactive ketones (excluding diaryl/α,β-unsaturated/α-hetero) is 1. The standard InChI is InChI=1S/C22H45N5O4S/c1-20(28)16-15-19-32(30,31)27-22(29)18-14-12-10-8-6-4-2-3-5-7-9-11-13-17-21(25-23)26-24/h2-19,23-24H2,1H3,(H,25,26)(H,27,29). The van der Waals surface area contributed by atoms with E-state index in [9.17, 15) is 18.0 Å². The average molecular weight is 476 g/mol. The Morgan fingerprint density at radius 2 is 1.16 bits per heavy atom. The highest BCUT2D eigenvalue weighted by Crippen LogP contribution is 2.13. The van der Waals surface area contributed by atoms with E-state index in [2.05, 4.69) is 15.2 Å². The molecule has 6 N–H and O–H groups in total. The van der Waals surface area contributed by atoms with E-state index in [0.29, 0.717) is 12.3 Å². The number of amides is 1. The van der Waals surface area contributed by atoms with Gasteiger partial charge >= 0.3 is 0 Å². The van der Waals surface area contributed by atoms with Crippen LogP contribution in [0.3, 0.4) is 0 Å². The maximum Gasteiger partial charge on any atom is 0.234 e. The fourth-order valence-corrected chi connectivity index (χ4v) is 4.56. The van der Waals surface area contributed by atoms with Gasteiger partial charge in [0.15, 0.2) is 0 Å². The van der Waals surface area contributed by atoms with E-state index in [1.807, 2.05) is 0 Å². The van der Waals surface area contributed by atoms with Crippen molar-refractivity contribution in [3.63, 3.8) is 0 Å². The summed E-state index contributed by atoms with van der Waals surface area (Å²) in [5.74, 6) is 10.4. The number of hydrogen-bond acceptors (Lipinski definition) is 7. The van der Waals surface area contributed by atoms with E-state index in [1.165, 1.54) is 58.3 Å². The first kappa shape index (κ1) is 30.3. The van der Waals surface area contributed by atoms with Gasteiger partial charge < -0.3 is 16.1 Å². The highest BCUT2D eigenvalue weighted by Gasteiger charge is 2.14. The number of hydrogen-bond donors (Lipinski definition) is 4. The van der Waals surface area contributed by atoms with Gasteiger partial charge in [0.1, 0.15) is 11.6 Å². The quantitative estimate of drug-likeness (QED) is 0.0651. The van der Waals surface area contributed by atoms with E-state index in [-0.39, 0.29) is 30.8 Å². The predicted molar refractivity (Wildman–Crippen MR) is 130 cm³/mol. The molecule has 0 aliphatic carbocycles. The van der Waals surface area contributed by atoms with Crippen LogP contribution in [0.4, 0.5) is 0 Å². The van der Waals surface area contributed by atoms with Gasteiger partial charge in [-0.2, -0.15) is 5.10 Å². The summed E-state index contributed by atoms with van der Waals surface area (Å²) in [5.41, 5.74) is 2.50. The molecule has 0 aromatic heterocycles. The number of unbranched alkanes of at least 4 members (excludes halogenated alkanes) is 12. The molecule has 10 heteroatoms. The van der Waals surface area contributed by atoms with Gasteiger partial charge in [-0.1, -0.05) is 70.6 Å². The molecule has 0 radical (unpaired) electrons. The Morgan fingerprint density at radius 1 is 0.719 bits per heavy atom. The second-order valence-corrected chi connectivity index (χ2v) is 10.3. The molecule has 0 bridgehead atoms. The molecule has 0 rings (SSSR count). The minimum atomic E-state index is -3.62. The topological polar surface area (TPSA) is 157 Å². The van der Waals surface area contributed by atoms with Gasteiger partial charge in [-0.3, -0.25) is 9.52 Å². The Labute approximate surface area is 194 Å². The monoisotopic (exact) mass is 475 g/mol. The molecule has 188 valence electrons. The van der Waals surface area contributed by atoms with Crippen molar-refractivity contribution in [2.75, 3.05) is 5.75 Å². The van der Waals surface area contributed by atoms with E-state index in [4.69, 9.17) is 11.7 Å². The highest BCUT2D eigenvalue weighted by molar-refractivity contribution is 7.90. The van der Waals surface area contributed by atoms with Crippen molar-refractivity contribution in [2.24, 2.45) is 16.8 Å². The summed E-state index contributed by atoms with van der Waals surface area (Å²) in [4.78, 5) is 22.6. The molecular weight excluding hydrogens is 430 g/mol. The zero-order chi connectivity index (χ0) is 24.1. The van der Waals surface area contributed by atoms with Crippen LogP contribution < -0.4 is 21.8 Å². The van der Waals surface area contributed by atoms with E-state index >= 15 is 0 Å². The van der Waals surface area contributed by atoms with Crippen LogP contribution in [-0.4, -0.2) is 31.7 Å². The smallest absolute Gasteiger partial charge is 0.234 e. The zero-order valence-corrected chi connectivity index (χ0v) is 20.7. The van der Waals surface area contributed by atoms with Gasteiger partial charge in [0.25, 0.3) is 0 Å². The molecular formula is C22H45N5O4S. The minimum absolute atomic E-state index is 0.0486. The van der Waals surface area contributed by atoms with Crippen molar-refractivity contribution in [3.8, 4) is 0 Å². The molecule has 0 fully saturated rings. The molecule has 0 aliphatic heterocycles. The van der Waals surface area contributed by atoms with Crippen LogP contribution >= 0.6 is 0 Å². The summed E-state index contributed by atoms with van der Waals surface area (Å²) in [5, 5.41) is 3.57. The molecule has 0 unspecified atom stereocenters. The van der Waals surface area contributed by atoms with Crippen molar-refractivity contribution >= 4 is 27.5 Å². The maximum absolute atomic E-state index is 11.8. The van der Waals surface area contributed by atoms with Gasteiger partial charge in [-0.15, -0.1) is 0 Å². The first-order valence-corrected chi connectivity index (χ1v) is 13.7. The predicted octanol–water partition coefficient (Wildman–Crippen LogP) is 3.39. The van der Waals surface area contributed by atoms with Crippen LogP contribution in [0.25, 0.3) is 0 Å². The fraction of sp³-hybridized carbons (Fsp3) is 0.864. The first-order chi connectivity index (χ1) is 15.3. The lowest BCUT2D eigenvalue weighted by atomic mass is 10.0. The lowest BCUT2D eigenvalue weighted by Gasteiger charge is -2.06. The number of amidine groups is 1. The number of hydrazone groups is 1. The normalized spacial score (nSPS) is 12.0. The summed E-state index contributed by atoms with van der Waals surface area (Å²) in [6, 6.07) is 0. The van der Waals surface area contributed by atoms with Crippen LogP contribution in [-0.2, 0) is 19.6 Å². The van der Waals surface area contributed by atoms with Crippen LogP contribution in [0.1, 0.15) is 116 Å². The largest absolute Gasteiger partial charge is 0.322 e. The lowest BCUT2D eigenvalue weighted by Crippen LogP contribution is -2.32. The highest BCUT2D eigenvalue weighted by atomic mass is 32.2. The van der Waals surface area contributed by atoms with E-state index in [1.54, 1.807) is 0 Å². The lowest BCUT2D eigenvalue weighted by molar-refractivity contribution is -0.119. The number of carbonyl (C=O) groups excluding carboxylic acids is 2. The Morgan fingerprint density at radius 3 is 1.56 bits per heavy atom. The molecule has 0 saturated heterocycles. The van der Waals surface area contributed by atoms with E-state index in [0.717, 1.165) is 32.1 Å². The van der Waals surface area contributed by atoms with Gasteiger partial charge in [0.05, 0.1) is 5.75 Å². The van der Waals surface area contributed by atoms with Crippen molar-refractivity contribution in [1.82, 2.24) is 10.1 Å². The van der Waals surface area contributed by atoms with Gasteiger partial charge in [-0.05, 0) is 26.2 Å². The molecule has 32 heavy (non-hydrogen) atoms. The second-order valence-electron chi connectivity index (χ2n) is 8.47. The molecule has 0 heterocycles. The fourth-order valence-electron chi connectivity index (χ4n) is 3.48. The Bertz CT molecular complexity index is 638. The summed E-state index contributed by atoms with van der Waals surface area (Å²) in [6.07, 6.45) is 16.4. The molecule has 0 aliphatic rings. The van der Waals surface area contributed by atoms with Crippen molar-refractivity contribution in [1.29, 1.82) is 0 Å². The summed E-state index contributed by atoms with van der Waals surface area (Å²) < 4.78 is 25.6. The summed E-state index contributed by atoms with van der Waals surface area (Å²) >= 11 is 0. The summed E-state index contributed by atoms with van der Waals surface area (Å²) in [6.45, 7) is 1.42. The molecule has 0 aromatic rings. The van der Waals surface area contributed by atoms with Gasteiger partial charge in [0.2, 0.25) is 15.9 Å². The summed E-state index contributed by atoms with van der Waals surface area (Å²) in [7, 11) is -3.62. The van der Waals surface area contributed by atoms with Crippen LogP contribution in [0, 0.1) is 0 Å².